The van der Waals surface area contributed by atoms with E-state index >= 15 is 0 Å². The summed E-state index contributed by atoms with van der Waals surface area (Å²) in [5.41, 5.74) is 5.65. The summed E-state index contributed by atoms with van der Waals surface area (Å²) >= 11 is 0. The number of hydrogen-bond donors (Lipinski definition) is 1. The molecular weight excluding hydrogens is 274 g/mol. The Morgan fingerprint density at radius 1 is 1.23 bits per heavy atom. The van der Waals surface area contributed by atoms with Gasteiger partial charge in [-0.2, -0.15) is 0 Å². The standard InChI is InChI=1S/C18H21N3O/c1-13-6-8-17(19-11-13)12-21(2)18(22)20-16-9-7-14-4-3-5-15(14)10-16/h6-11H,3-5,12H2,1-2H3,(H,20,22). The number of rotatable bonds is 3. The van der Waals surface area contributed by atoms with Crippen LogP contribution in [0, 0.1) is 6.92 Å². The molecule has 1 aliphatic rings. The van der Waals surface area contributed by atoms with Gasteiger partial charge in [0.2, 0.25) is 0 Å². The third-order valence-electron chi connectivity index (χ3n) is 4.07. The molecule has 2 aromatic rings. The first kappa shape index (κ1) is 14.6. The maximum atomic E-state index is 12.3. The molecule has 0 radical (unpaired) electrons. The Hall–Kier alpha value is -2.36. The lowest BCUT2D eigenvalue weighted by atomic mass is 10.1. The molecule has 1 aromatic heterocycles. The van der Waals surface area contributed by atoms with Gasteiger partial charge in [0.25, 0.3) is 0 Å². The van der Waals surface area contributed by atoms with Gasteiger partial charge in [0.1, 0.15) is 0 Å². The summed E-state index contributed by atoms with van der Waals surface area (Å²) in [5, 5.41) is 2.96. The minimum absolute atomic E-state index is 0.111. The third-order valence-corrected chi connectivity index (χ3v) is 4.07. The molecule has 114 valence electrons. The number of aryl methyl sites for hydroxylation is 3. The van der Waals surface area contributed by atoms with Crippen molar-refractivity contribution in [3.63, 3.8) is 0 Å². The van der Waals surface area contributed by atoms with E-state index in [1.54, 1.807) is 11.9 Å². The van der Waals surface area contributed by atoms with Crippen LogP contribution >= 0.6 is 0 Å². The molecule has 2 amide bonds. The van der Waals surface area contributed by atoms with E-state index < -0.39 is 0 Å². The van der Waals surface area contributed by atoms with Crippen molar-refractivity contribution in [3.05, 3.63) is 58.9 Å². The molecule has 0 saturated carbocycles. The molecule has 1 N–H and O–H groups in total. The van der Waals surface area contributed by atoms with Crippen molar-refractivity contribution in [2.24, 2.45) is 0 Å². The molecule has 22 heavy (non-hydrogen) atoms. The number of aromatic nitrogens is 1. The average Bonchev–Trinajstić information content (AvgIpc) is 2.97. The first-order valence-corrected chi connectivity index (χ1v) is 7.67. The van der Waals surface area contributed by atoms with Crippen LogP contribution in [0.3, 0.4) is 0 Å². The minimum Gasteiger partial charge on any atom is -0.322 e. The Morgan fingerprint density at radius 3 is 2.82 bits per heavy atom. The van der Waals surface area contributed by atoms with Gasteiger partial charge in [-0.05, 0) is 61.1 Å². The van der Waals surface area contributed by atoms with Crippen LogP contribution in [-0.4, -0.2) is 23.0 Å². The quantitative estimate of drug-likeness (QED) is 0.941. The first-order chi connectivity index (χ1) is 10.6. The lowest BCUT2D eigenvalue weighted by Gasteiger charge is -2.18. The predicted octanol–water partition coefficient (Wildman–Crippen LogP) is 3.54. The summed E-state index contributed by atoms with van der Waals surface area (Å²) < 4.78 is 0. The fraction of sp³-hybridized carbons (Fsp3) is 0.333. The second-order valence-electron chi connectivity index (χ2n) is 5.95. The van der Waals surface area contributed by atoms with Crippen molar-refractivity contribution in [2.75, 3.05) is 12.4 Å². The Balaban J connectivity index is 1.62. The highest BCUT2D eigenvalue weighted by molar-refractivity contribution is 5.89. The number of urea groups is 1. The number of carbonyl (C=O) groups excluding carboxylic acids is 1. The summed E-state index contributed by atoms with van der Waals surface area (Å²) in [5.74, 6) is 0. The lowest BCUT2D eigenvalue weighted by molar-refractivity contribution is 0.220. The molecule has 4 heteroatoms. The van der Waals surface area contributed by atoms with Crippen LogP contribution in [0.4, 0.5) is 10.5 Å². The van der Waals surface area contributed by atoms with E-state index in [4.69, 9.17) is 0 Å². The molecule has 3 rings (SSSR count). The number of carbonyl (C=O) groups is 1. The van der Waals surface area contributed by atoms with Crippen LogP contribution in [0.5, 0.6) is 0 Å². The van der Waals surface area contributed by atoms with Gasteiger partial charge >= 0.3 is 6.03 Å². The SMILES string of the molecule is Cc1ccc(CN(C)C(=O)Nc2ccc3c(c2)CCC3)nc1. The molecule has 0 atom stereocenters. The van der Waals surface area contributed by atoms with Gasteiger partial charge in [-0.3, -0.25) is 4.98 Å². The van der Waals surface area contributed by atoms with Gasteiger partial charge in [-0.1, -0.05) is 12.1 Å². The van der Waals surface area contributed by atoms with E-state index in [1.807, 2.05) is 31.3 Å². The topological polar surface area (TPSA) is 45.2 Å². The highest BCUT2D eigenvalue weighted by Crippen LogP contribution is 2.25. The summed E-state index contributed by atoms with van der Waals surface area (Å²) in [7, 11) is 1.78. The molecule has 0 spiro atoms. The number of fused-ring (bicyclic) bond motifs is 1. The molecule has 4 nitrogen and oxygen atoms in total. The number of anilines is 1. The average molecular weight is 295 g/mol. The molecule has 0 saturated heterocycles. The van der Waals surface area contributed by atoms with Crippen molar-refractivity contribution < 1.29 is 4.79 Å². The van der Waals surface area contributed by atoms with E-state index in [0.29, 0.717) is 6.54 Å². The van der Waals surface area contributed by atoms with Crippen LogP contribution in [0.2, 0.25) is 0 Å². The minimum atomic E-state index is -0.111. The normalized spacial score (nSPS) is 12.8. The summed E-state index contributed by atoms with van der Waals surface area (Å²) in [6, 6.07) is 10.1. The molecular formula is C18H21N3O. The highest BCUT2D eigenvalue weighted by atomic mass is 16.2. The highest BCUT2D eigenvalue weighted by Gasteiger charge is 2.14. The Morgan fingerprint density at radius 2 is 2.05 bits per heavy atom. The van der Waals surface area contributed by atoms with Gasteiger partial charge < -0.3 is 10.2 Å². The van der Waals surface area contributed by atoms with Crippen LogP contribution in [-0.2, 0) is 19.4 Å². The third kappa shape index (κ3) is 3.27. The second-order valence-corrected chi connectivity index (χ2v) is 5.95. The van der Waals surface area contributed by atoms with Gasteiger partial charge in [-0.25, -0.2) is 4.79 Å². The van der Waals surface area contributed by atoms with Crippen molar-refractivity contribution in [2.45, 2.75) is 32.7 Å². The predicted molar refractivity (Wildman–Crippen MR) is 87.9 cm³/mol. The van der Waals surface area contributed by atoms with Crippen LogP contribution in [0.15, 0.2) is 36.5 Å². The monoisotopic (exact) mass is 295 g/mol. The zero-order chi connectivity index (χ0) is 15.5. The van der Waals surface area contributed by atoms with Gasteiger partial charge in [0.05, 0.1) is 12.2 Å². The molecule has 0 fully saturated rings. The zero-order valence-corrected chi connectivity index (χ0v) is 13.1. The number of benzene rings is 1. The van der Waals surface area contributed by atoms with E-state index in [-0.39, 0.29) is 6.03 Å². The Bertz CT molecular complexity index is 679. The summed E-state index contributed by atoms with van der Waals surface area (Å²) in [4.78, 5) is 18.2. The fourth-order valence-electron chi connectivity index (χ4n) is 2.78. The molecule has 1 aliphatic carbocycles. The van der Waals surface area contributed by atoms with Crippen LogP contribution in [0.25, 0.3) is 0 Å². The maximum Gasteiger partial charge on any atom is 0.321 e. The maximum absolute atomic E-state index is 12.3. The molecule has 0 unspecified atom stereocenters. The smallest absolute Gasteiger partial charge is 0.321 e. The second kappa shape index (κ2) is 6.18. The van der Waals surface area contributed by atoms with Crippen LogP contribution < -0.4 is 5.32 Å². The number of nitrogens with zero attached hydrogens (tertiary/aromatic N) is 2. The van der Waals surface area contributed by atoms with Gasteiger partial charge in [0, 0.05) is 18.9 Å². The molecule has 0 bridgehead atoms. The van der Waals surface area contributed by atoms with Crippen LogP contribution in [0.1, 0.15) is 28.8 Å². The number of pyridine rings is 1. The lowest BCUT2D eigenvalue weighted by Crippen LogP contribution is -2.31. The van der Waals surface area contributed by atoms with Crippen molar-refractivity contribution >= 4 is 11.7 Å². The number of nitrogens with one attached hydrogen (secondary N) is 1. The number of amides is 2. The first-order valence-electron chi connectivity index (χ1n) is 7.67. The Kier molecular flexibility index (Phi) is 4.09. The zero-order valence-electron chi connectivity index (χ0n) is 13.1. The van der Waals surface area contributed by atoms with Gasteiger partial charge in [0.15, 0.2) is 0 Å². The number of hydrogen-bond acceptors (Lipinski definition) is 2. The molecule has 1 aromatic carbocycles. The van der Waals surface area contributed by atoms with Crippen molar-refractivity contribution in [1.29, 1.82) is 0 Å². The van der Waals surface area contributed by atoms with E-state index in [9.17, 15) is 4.79 Å². The van der Waals surface area contributed by atoms with E-state index in [0.717, 1.165) is 29.8 Å². The fourth-order valence-corrected chi connectivity index (χ4v) is 2.78. The molecule has 1 heterocycles. The van der Waals surface area contributed by atoms with E-state index in [2.05, 4.69) is 22.4 Å². The Labute approximate surface area is 131 Å². The van der Waals surface area contributed by atoms with Gasteiger partial charge in [-0.15, -0.1) is 0 Å². The van der Waals surface area contributed by atoms with E-state index in [1.165, 1.54) is 17.5 Å². The summed E-state index contributed by atoms with van der Waals surface area (Å²) in [6.07, 6.45) is 5.30. The van der Waals surface area contributed by atoms with Crippen molar-refractivity contribution in [3.8, 4) is 0 Å². The van der Waals surface area contributed by atoms with Crippen molar-refractivity contribution in [1.82, 2.24) is 9.88 Å². The summed E-state index contributed by atoms with van der Waals surface area (Å²) in [6.45, 7) is 2.50. The largest absolute Gasteiger partial charge is 0.322 e. The molecule has 0 aliphatic heterocycles.